The Kier molecular flexibility index (Phi) is 3.04. The molecule has 1 aromatic rings. The van der Waals surface area contributed by atoms with Gasteiger partial charge < -0.3 is 0 Å². The summed E-state index contributed by atoms with van der Waals surface area (Å²) in [6.07, 6.45) is -4.67. The molecule has 0 bridgehead atoms. The number of hydrogen-bond donors (Lipinski definition) is 0. The van der Waals surface area contributed by atoms with Crippen LogP contribution in [-0.2, 0) is 5.92 Å². The highest BCUT2D eigenvalue weighted by Gasteiger charge is 2.59. The van der Waals surface area contributed by atoms with E-state index in [0.29, 0.717) is 11.6 Å². The summed E-state index contributed by atoms with van der Waals surface area (Å²) in [4.78, 5) is 3.08. The summed E-state index contributed by atoms with van der Waals surface area (Å²) >= 11 is 2.86. The Balaban J connectivity index is 3.22. The van der Waals surface area contributed by atoms with E-state index in [1.54, 1.807) is 0 Å². The van der Waals surface area contributed by atoms with Crippen molar-refractivity contribution in [2.24, 2.45) is 0 Å². The number of aromatic nitrogens is 1. The molecular weight excluding hydrogens is 285 g/mol. The fourth-order valence-corrected chi connectivity index (χ4v) is 1.14. The van der Waals surface area contributed by atoms with Gasteiger partial charge in [-0.1, -0.05) is 15.9 Å². The second-order valence-electron chi connectivity index (χ2n) is 2.89. The van der Waals surface area contributed by atoms with Crippen molar-refractivity contribution in [2.45, 2.75) is 19.0 Å². The second-order valence-corrected chi connectivity index (χ2v) is 3.75. The van der Waals surface area contributed by atoms with Gasteiger partial charge in [0.2, 0.25) is 0 Å². The normalized spacial score (nSPS) is 13.0. The van der Waals surface area contributed by atoms with E-state index in [-0.39, 0.29) is 4.47 Å². The summed E-state index contributed by atoms with van der Waals surface area (Å²) in [7, 11) is 0. The highest BCUT2D eigenvalue weighted by molar-refractivity contribution is 9.10. The first-order valence-corrected chi connectivity index (χ1v) is 4.52. The number of pyridine rings is 1. The highest BCUT2D eigenvalue weighted by atomic mass is 79.9. The predicted molar refractivity (Wildman–Crippen MR) is 46.6 cm³/mol. The average Bonchev–Trinajstić information content (AvgIpc) is 2.07. The SMILES string of the molecule is Cc1cnc(C(F)(F)C(F)(F)F)cc1Br. The maximum atomic E-state index is 12.8. The summed E-state index contributed by atoms with van der Waals surface area (Å²) < 4.78 is 61.5. The Hall–Kier alpha value is -0.720. The van der Waals surface area contributed by atoms with E-state index in [4.69, 9.17) is 0 Å². The van der Waals surface area contributed by atoms with Gasteiger partial charge >= 0.3 is 12.1 Å². The van der Waals surface area contributed by atoms with Gasteiger partial charge in [-0.05, 0) is 18.6 Å². The molecule has 0 saturated heterocycles. The molecule has 0 amide bonds. The smallest absolute Gasteiger partial charge is 0.254 e. The van der Waals surface area contributed by atoms with Crippen LogP contribution in [0.4, 0.5) is 22.0 Å². The molecule has 0 spiro atoms. The second kappa shape index (κ2) is 3.70. The number of nitrogens with zero attached hydrogens (tertiary/aromatic N) is 1. The largest absolute Gasteiger partial charge is 0.459 e. The van der Waals surface area contributed by atoms with Crippen LogP contribution < -0.4 is 0 Å². The number of aryl methyl sites for hydroxylation is 1. The molecule has 0 fully saturated rings. The van der Waals surface area contributed by atoms with E-state index in [1.807, 2.05) is 0 Å². The standard InChI is InChI=1S/C8H5BrF5N/c1-4-3-15-6(2-5(4)9)7(10,11)8(12,13)14/h2-3H,1H3. The minimum absolute atomic E-state index is 0.163. The van der Waals surface area contributed by atoms with Gasteiger partial charge in [-0.15, -0.1) is 0 Å². The van der Waals surface area contributed by atoms with Crippen LogP contribution in [0.3, 0.4) is 0 Å². The zero-order chi connectivity index (χ0) is 11.9. The zero-order valence-electron chi connectivity index (χ0n) is 7.37. The molecular formula is C8H5BrF5N. The van der Waals surface area contributed by atoms with E-state index in [0.717, 1.165) is 6.20 Å². The van der Waals surface area contributed by atoms with Crippen LogP contribution in [0.2, 0.25) is 0 Å². The van der Waals surface area contributed by atoms with Gasteiger partial charge in [0.05, 0.1) is 0 Å². The summed E-state index contributed by atoms with van der Waals surface area (Å²) in [5.74, 6) is -4.93. The molecule has 1 nitrogen and oxygen atoms in total. The van der Waals surface area contributed by atoms with E-state index in [1.165, 1.54) is 6.92 Å². The summed E-state index contributed by atoms with van der Waals surface area (Å²) in [6.45, 7) is 1.53. The van der Waals surface area contributed by atoms with Gasteiger partial charge in [-0.2, -0.15) is 22.0 Å². The Bertz CT molecular complexity index is 374. The summed E-state index contributed by atoms with van der Waals surface area (Å²) in [5.41, 5.74) is -0.829. The van der Waals surface area contributed by atoms with Gasteiger partial charge in [0.15, 0.2) is 0 Å². The molecule has 1 aromatic heterocycles. The van der Waals surface area contributed by atoms with E-state index >= 15 is 0 Å². The molecule has 0 saturated carbocycles. The van der Waals surface area contributed by atoms with Gasteiger partial charge in [-0.3, -0.25) is 4.98 Å². The van der Waals surface area contributed by atoms with Gasteiger partial charge in [-0.25, -0.2) is 0 Å². The molecule has 0 aliphatic rings. The van der Waals surface area contributed by atoms with Crippen LogP contribution in [0.5, 0.6) is 0 Å². The first-order chi connectivity index (χ1) is 6.66. The lowest BCUT2D eigenvalue weighted by Gasteiger charge is -2.19. The van der Waals surface area contributed by atoms with Crippen LogP contribution in [0, 0.1) is 6.92 Å². The summed E-state index contributed by atoms with van der Waals surface area (Å²) in [5, 5.41) is 0. The molecule has 1 heterocycles. The third-order valence-electron chi connectivity index (χ3n) is 1.72. The fraction of sp³-hybridized carbons (Fsp3) is 0.375. The molecule has 0 aliphatic heterocycles. The number of rotatable bonds is 1. The minimum Gasteiger partial charge on any atom is -0.254 e. The number of halogens is 6. The Morgan fingerprint density at radius 1 is 1.20 bits per heavy atom. The molecule has 84 valence electrons. The van der Waals surface area contributed by atoms with Crippen molar-refractivity contribution in [2.75, 3.05) is 0 Å². The van der Waals surface area contributed by atoms with Crippen molar-refractivity contribution in [3.8, 4) is 0 Å². The van der Waals surface area contributed by atoms with Crippen LogP contribution in [0.25, 0.3) is 0 Å². The molecule has 0 aromatic carbocycles. The lowest BCUT2D eigenvalue weighted by Crippen LogP contribution is -2.34. The van der Waals surface area contributed by atoms with Gasteiger partial charge in [0.25, 0.3) is 0 Å². The van der Waals surface area contributed by atoms with Crippen molar-refractivity contribution < 1.29 is 22.0 Å². The van der Waals surface area contributed by atoms with E-state index < -0.39 is 17.8 Å². The molecule has 7 heteroatoms. The number of hydrogen-bond acceptors (Lipinski definition) is 1. The number of alkyl halides is 5. The third-order valence-corrected chi connectivity index (χ3v) is 2.57. The van der Waals surface area contributed by atoms with Crippen LogP contribution in [0.1, 0.15) is 11.3 Å². The molecule has 0 N–H and O–H groups in total. The van der Waals surface area contributed by atoms with Crippen LogP contribution in [0.15, 0.2) is 16.7 Å². The minimum atomic E-state index is -5.63. The van der Waals surface area contributed by atoms with E-state index in [9.17, 15) is 22.0 Å². The maximum Gasteiger partial charge on any atom is 0.459 e. The quantitative estimate of drug-likeness (QED) is 0.717. The van der Waals surface area contributed by atoms with Crippen molar-refractivity contribution in [1.29, 1.82) is 0 Å². The van der Waals surface area contributed by atoms with Crippen molar-refractivity contribution in [1.82, 2.24) is 4.98 Å². The van der Waals surface area contributed by atoms with Crippen molar-refractivity contribution in [3.63, 3.8) is 0 Å². The van der Waals surface area contributed by atoms with Crippen molar-refractivity contribution >= 4 is 15.9 Å². The van der Waals surface area contributed by atoms with E-state index in [2.05, 4.69) is 20.9 Å². The molecule has 0 atom stereocenters. The van der Waals surface area contributed by atoms with Crippen LogP contribution in [-0.4, -0.2) is 11.2 Å². The lowest BCUT2D eigenvalue weighted by molar-refractivity contribution is -0.291. The monoisotopic (exact) mass is 289 g/mol. The van der Waals surface area contributed by atoms with Gasteiger partial charge in [0, 0.05) is 10.7 Å². The molecule has 0 unspecified atom stereocenters. The van der Waals surface area contributed by atoms with Gasteiger partial charge in [0.1, 0.15) is 5.69 Å². The Morgan fingerprint density at radius 2 is 1.73 bits per heavy atom. The Labute approximate surface area is 90.4 Å². The third kappa shape index (κ3) is 2.27. The molecule has 0 aliphatic carbocycles. The summed E-state index contributed by atoms with van der Waals surface area (Å²) in [6, 6.07) is 0.669. The molecule has 0 radical (unpaired) electrons. The first-order valence-electron chi connectivity index (χ1n) is 3.73. The zero-order valence-corrected chi connectivity index (χ0v) is 8.96. The molecule has 1 rings (SSSR count). The molecule has 15 heavy (non-hydrogen) atoms. The maximum absolute atomic E-state index is 12.8. The fourth-order valence-electron chi connectivity index (χ4n) is 0.816. The van der Waals surface area contributed by atoms with Crippen LogP contribution >= 0.6 is 15.9 Å². The first kappa shape index (κ1) is 12.4. The Morgan fingerprint density at radius 3 is 2.13 bits per heavy atom. The van der Waals surface area contributed by atoms with Crippen molar-refractivity contribution in [3.05, 3.63) is 28.0 Å². The topological polar surface area (TPSA) is 12.9 Å². The average molecular weight is 290 g/mol. The predicted octanol–water partition coefficient (Wildman–Crippen LogP) is 3.81. The highest BCUT2D eigenvalue weighted by Crippen LogP contribution is 2.43. The lowest BCUT2D eigenvalue weighted by atomic mass is 10.2.